The zero-order valence-electron chi connectivity index (χ0n) is 10.3. The number of hydrogen-bond donors (Lipinski definition) is 0. The van der Waals surface area contributed by atoms with Gasteiger partial charge >= 0.3 is 0 Å². The summed E-state index contributed by atoms with van der Waals surface area (Å²) in [6.07, 6.45) is 0. The van der Waals surface area contributed by atoms with E-state index in [4.69, 9.17) is 0 Å². The van der Waals surface area contributed by atoms with E-state index in [0.29, 0.717) is 5.25 Å². The number of benzene rings is 1. The third kappa shape index (κ3) is 4.12. The van der Waals surface area contributed by atoms with Gasteiger partial charge in [-0.2, -0.15) is 0 Å². The highest BCUT2D eigenvalue weighted by Gasteiger charge is 2.04. The zero-order chi connectivity index (χ0) is 11.4. The van der Waals surface area contributed by atoms with Crippen molar-refractivity contribution >= 4 is 21.6 Å². The van der Waals surface area contributed by atoms with Crippen molar-refractivity contribution in [2.75, 3.05) is 0 Å². The van der Waals surface area contributed by atoms with Crippen molar-refractivity contribution in [1.82, 2.24) is 0 Å². The Balaban J connectivity index is 2.68. The van der Waals surface area contributed by atoms with Crippen LogP contribution in [-0.4, -0.2) is 5.25 Å². The highest BCUT2D eigenvalue weighted by Crippen LogP contribution is 2.32. The molecular weight excluding hydrogens is 220 g/mol. The molecule has 0 fully saturated rings. The van der Waals surface area contributed by atoms with Crippen molar-refractivity contribution in [1.29, 1.82) is 0 Å². The topological polar surface area (TPSA) is 0 Å². The van der Waals surface area contributed by atoms with Gasteiger partial charge in [-0.3, -0.25) is 0 Å². The molecule has 0 saturated carbocycles. The standard InChI is InChI=1S/C13H20S2/c1-9(2)15-14-8-13-11(4)6-10(3)7-12(13)5/h6-7,9H,8H2,1-5H3. The van der Waals surface area contributed by atoms with Crippen LogP contribution >= 0.6 is 21.6 Å². The van der Waals surface area contributed by atoms with Crippen LogP contribution < -0.4 is 0 Å². The zero-order valence-corrected chi connectivity index (χ0v) is 11.9. The maximum Gasteiger partial charge on any atom is 0.0294 e. The Kier molecular flexibility index (Phi) is 5.07. The normalized spacial score (nSPS) is 11.1. The van der Waals surface area contributed by atoms with E-state index in [0.717, 1.165) is 5.75 Å². The highest BCUT2D eigenvalue weighted by atomic mass is 33.1. The maximum atomic E-state index is 2.28. The minimum Gasteiger partial charge on any atom is -0.0910 e. The van der Waals surface area contributed by atoms with Crippen LogP contribution in [-0.2, 0) is 5.75 Å². The summed E-state index contributed by atoms with van der Waals surface area (Å²) in [4.78, 5) is 0. The Morgan fingerprint density at radius 2 is 1.60 bits per heavy atom. The van der Waals surface area contributed by atoms with Crippen molar-refractivity contribution in [3.05, 3.63) is 34.4 Å². The van der Waals surface area contributed by atoms with Gasteiger partial charge in [0, 0.05) is 11.0 Å². The van der Waals surface area contributed by atoms with Crippen molar-refractivity contribution in [2.45, 2.75) is 45.6 Å². The quantitative estimate of drug-likeness (QED) is 0.686. The van der Waals surface area contributed by atoms with Crippen LogP contribution in [0.1, 0.15) is 36.1 Å². The van der Waals surface area contributed by atoms with E-state index in [1.165, 1.54) is 22.3 Å². The number of hydrogen-bond acceptors (Lipinski definition) is 2. The minimum atomic E-state index is 0.709. The van der Waals surface area contributed by atoms with Gasteiger partial charge in [-0.15, -0.1) is 0 Å². The monoisotopic (exact) mass is 240 g/mol. The predicted octanol–water partition coefficient (Wildman–Crippen LogP) is 4.90. The molecule has 0 amide bonds. The van der Waals surface area contributed by atoms with E-state index in [9.17, 15) is 0 Å². The molecule has 0 saturated heterocycles. The first-order chi connectivity index (χ1) is 7.00. The fourth-order valence-corrected chi connectivity index (χ4v) is 3.95. The summed E-state index contributed by atoms with van der Waals surface area (Å²) >= 11 is 0. The molecule has 1 rings (SSSR count). The van der Waals surface area contributed by atoms with E-state index in [-0.39, 0.29) is 0 Å². The third-order valence-corrected chi connectivity index (χ3v) is 5.15. The SMILES string of the molecule is Cc1cc(C)c(CSSC(C)C)c(C)c1. The fourth-order valence-electron chi connectivity index (χ4n) is 1.67. The lowest BCUT2D eigenvalue weighted by Crippen LogP contribution is -1.93. The second-order valence-electron chi connectivity index (χ2n) is 4.28. The molecule has 0 atom stereocenters. The van der Waals surface area contributed by atoms with Gasteiger partial charge in [-0.25, -0.2) is 0 Å². The van der Waals surface area contributed by atoms with Crippen molar-refractivity contribution < 1.29 is 0 Å². The largest absolute Gasteiger partial charge is 0.0910 e. The summed E-state index contributed by atoms with van der Waals surface area (Å²) in [5.74, 6) is 1.13. The van der Waals surface area contributed by atoms with E-state index in [2.05, 4.69) is 46.8 Å². The molecule has 0 spiro atoms. The first-order valence-electron chi connectivity index (χ1n) is 5.35. The van der Waals surface area contributed by atoms with Crippen LogP contribution in [0.3, 0.4) is 0 Å². The lowest BCUT2D eigenvalue weighted by atomic mass is 10.0. The van der Waals surface area contributed by atoms with Crippen LogP contribution in [0.4, 0.5) is 0 Å². The smallest absolute Gasteiger partial charge is 0.0294 e. The molecule has 0 unspecified atom stereocenters. The van der Waals surface area contributed by atoms with Gasteiger partial charge in [0.1, 0.15) is 0 Å². The van der Waals surface area contributed by atoms with E-state index < -0.39 is 0 Å². The van der Waals surface area contributed by atoms with Crippen molar-refractivity contribution in [3.63, 3.8) is 0 Å². The molecule has 2 heteroatoms. The molecule has 0 aliphatic carbocycles. The molecule has 0 bridgehead atoms. The van der Waals surface area contributed by atoms with Crippen LogP contribution in [0.15, 0.2) is 12.1 Å². The summed E-state index contributed by atoms with van der Waals surface area (Å²) in [5.41, 5.74) is 5.75. The maximum absolute atomic E-state index is 2.28. The highest BCUT2D eigenvalue weighted by molar-refractivity contribution is 8.76. The van der Waals surface area contributed by atoms with E-state index in [1.54, 1.807) is 0 Å². The summed E-state index contributed by atoms with van der Waals surface area (Å²) in [5, 5.41) is 0.709. The summed E-state index contributed by atoms with van der Waals surface area (Å²) in [7, 11) is 3.93. The molecule has 15 heavy (non-hydrogen) atoms. The van der Waals surface area contributed by atoms with Crippen molar-refractivity contribution in [3.8, 4) is 0 Å². The van der Waals surface area contributed by atoms with Gasteiger partial charge in [0.15, 0.2) is 0 Å². The fraction of sp³-hybridized carbons (Fsp3) is 0.538. The summed E-state index contributed by atoms with van der Waals surface area (Å²) < 4.78 is 0. The van der Waals surface area contributed by atoms with Crippen LogP contribution in [0.25, 0.3) is 0 Å². The third-order valence-electron chi connectivity index (χ3n) is 2.30. The van der Waals surface area contributed by atoms with E-state index >= 15 is 0 Å². The summed E-state index contributed by atoms with van der Waals surface area (Å²) in [6, 6.07) is 4.56. The van der Waals surface area contributed by atoms with Crippen molar-refractivity contribution in [2.24, 2.45) is 0 Å². The molecule has 0 N–H and O–H groups in total. The van der Waals surface area contributed by atoms with Gasteiger partial charge in [-0.05, 0) is 37.5 Å². The van der Waals surface area contributed by atoms with Gasteiger partial charge in [0.2, 0.25) is 0 Å². The molecule has 1 aromatic rings. The van der Waals surface area contributed by atoms with E-state index in [1.807, 2.05) is 21.6 Å². The van der Waals surface area contributed by atoms with Crippen LogP contribution in [0.5, 0.6) is 0 Å². The molecule has 1 aromatic carbocycles. The molecule has 0 heterocycles. The Morgan fingerprint density at radius 1 is 1.07 bits per heavy atom. The Labute approximate surface area is 102 Å². The lowest BCUT2D eigenvalue weighted by Gasteiger charge is -2.11. The molecule has 84 valence electrons. The Morgan fingerprint density at radius 3 is 2.07 bits per heavy atom. The van der Waals surface area contributed by atoms with Crippen LogP contribution in [0, 0.1) is 20.8 Å². The van der Waals surface area contributed by atoms with Crippen LogP contribution in [0.2, 0.25) is 0 Å². The van der Waals surface area contributed by atoms with Gasteiger partial charge in [0.25, 0.3) is 0 Å². The predicted molar refractivity (Wildman–Crippen MR) is 74.7 cm³/mol. The molecule has 0 aliphatic rings. The van der Waals surface area contributed by atoms with Gasteiger partial charge in [0.05, 0.1) is 0 Å². The van der Waals surface area contributed by atoms with Gasteiger partial charge in [-0.1, -0.05) is 53.1 Å². The molecule has 0 aromatic heterocycles. The number of rotatable bonds is 4. The summed E-state index contributed by atoms with van der Waals surface area (Å²) in [6.45, 7) is 11.1. The first-order valence-corrected chi connectivity index (χ1v) is 7.74. The molecular formula is C13H20S2. The van der Waals surface area contributed by atoms with Gasteiger partial charge < -0.3 is 0 Å². The number of aryl methyl sites for hydroxylation is 3. The second kappa shape index (κ2) is 5.86. The Bertz CT molecular complexity index is 306. The second-order valence-corrected chi connectivity index (χ2v) is 7.23. The molecule has 0 nitrogen and oxygen atoms in total. The minimum absolute atomic E-state index is 0.709. The lowest BCUT2D eigenvalue weighted by molar-refractivity contribution is 1.12. The average molecular weight is 240 g/mol. The molecule has 0 radical (unpaired) electrons. The Hall–Kier alpha value is -0.0800. The average Bonchev–Trinajstić information content (AvgIpc) is 2.08. The molecule has 0 aliphatic heterocycles. The first kappa shape index (κ1) is 13.0.